The quantitative estimate of drug-likeness (QED) is 0.161. The van der Waals surface area contributed by atoms with Gasteiger partial charge in [0.05, 0.1) is 43.0 Å². The molecule has 4 atom stereocenters. The second-order valence-electron chi connectivity index (χ2n) is 12.3. The fourth-order valence-corrected chi connectivity index (χ4v) is 7.31. The van der Waals surface area contributed by atoms with Gasteiger partial charge in [0.2, 0.25) is 0 Å². The lowest BCUT2D eigenvalue weighted by molar-refractivity contribution is 0.414. The van der Waals surface area contributed by atoms with Crippen LogP contribution in [-0.4, -0.2) is 40.1 Å². The number of aromatic nitrogens is 4. The maximum Gasteiger partial charge on any atom is 0.123 e. The van der Waals surface area contributed by atoms with Crippen LogP contribution in [0.2, 0.25) is 0 Å². The van der Waals surface area contributed by atoms with Crippen molar-refractivity contribution in [2.75, 3.05) is 20.2 Å². The van der Waals surface area contributed by atoms with E-state index in [-0.39, 0.29) is 0 Å². The molecule has 0 amide bonds. The Morgan fingerprint density at radius 2 is 1.00 bits per heavy atom. The van der Waals surface area contributed by atoms with Gasteiger partial charge in [-0.15, -0.1) is 0 Å². The maximum atomic E-state index is 5.45. The van der Waals surface area contributed by atoms with Crippen molar-refractivity contribution in [3.63, 3.8) is 0 Å². The lowest BCUT2D eigenvalue weighted by Crippen LogP contribution is -2.14. The third-order valence-corrected chi connectivity index (χ3v) is 9.71. The summed E-state index contributed by atoms with van der Waals surface area (Å²) in [5, 5.41) is 7.07. The molecule has 3 fully saturated rings. The van der Waals surface area contributed by atoms with E-state index < -0.39 is 0 Å². The minimum atomic E-state index is 0.344. The number of nitrogens with one attached hydrogen (secondary N) is 4. The fourth-order valence-electron chi connectivity index (χ4n) is 7.31. The highest BCUT2D eigenvalue weighted by Gasteiger charge is 2.52. The second kappa shape index (κ2) is 11.1. The van der Waals surface area contributed by atoms with E-state index in [1.165, 1.54) is 40.7 Å². The zero-order valence-electron chi connectivity index (χ0n) is 24.5. The van der Waals surface area contributed by atoms with Gasteiger partial charge in [-0.3, -0.25) is 0 Å². The van der Waals surface area contributed by atoms with Gasteiger partial charge in [0.25, 0.3) is 0 Å². The minimum Gasteiger partial charge on any atom is -0.497 e. The summed E-state index contributed by atoms with van der Waals surface area (Å²) < 4.78 is 5.45. The first kappa shape index (κ1) is 26.4. The molecule has 8 rings (SSSR count). The van der Waals surface area contributed by atoms with E-state index in [1.54, 1.807) is 7.11 Å². The molecule has 2 aromatic heterocycles. The minimum absolute atomic E-state index is 0.344. The molecule has 0 spiro atoms. The number of ether oxygens (including phenoxy) is 1. The Morgan fingerprint density at radius 1 is 0.581 bits per heavy atom. The average Bonchev–Trinajstić information content (AvgIpc) is 3.73. The summed E-state index contributed by atoms with van der Waals surface area (Å²) in [7, 11) is 1.72. The molecule has 43 heavy (non-hydrogen) atoms. The van der Waals surface area contributed by atoms with Gasteiger partial charge in [0, 0.05) is 0 Å². The molecule has 5 aromatic rings. The Bertz CT molecular complexity index is 1570. The monoisotopic (exact) mass is 570 g/mol. The van der Waals surface area contributed by atoms with Crippen molar-refractivity contribution in [1.82, 2.24) is 30.6 Å². The Balaban J connectivity index is 1.05. The van der Waals surface area contributed by atoms with Crippen molar-refractivity contribution in [2.24, 2.45) is 0 Å². The highest BCUT2D eigenvalue weighted by Crippen LogP contribution is 2.66. The van der Waals surface area contributed by atoms with Gasteiger partial charge >= 0.3 is 0 Å². The Kier molecular flexibility index (Phi) is 6.84. The van der Waals surface area contributed by atoms with Crippen LogP contribution in [0.5, 0.6) is 5.75 Å². The van der Waals surface area contributed by atoms with Gasteiger partial charge in [-0.25, -0.2) is 9.97 Å². The third-order valence-electron chi connectivity index (χ3n) is 9.71. The lowest BCUT2D eigenvalue weighted by Gasteiger charge is -2.06. The predicted octanol–water partition coefficient (Wildman–Crippen LogP) is 6.99. The number of aromatic amines is 2. The first-order valence-electron chi connectivity index (χ1n) is 15.7. The molecule has 3 aromatic carbocycles. The third kappa shape index (κ3) is 5.07. The van der Waals surface area contributed by atoms with Crippen molar-refractivity contribution < 1.29 is 4.74 Å². The van der Waals surface area contributed by atoms with E-state index >= 15 is 0 Å². The Labute approximate surface area is 252 Å². The first-order valence-corrected chi connectivity index (χ1v) is 15.7. The molecule has 3 aliphatic rings. The van der Waals surface area contributed by atoms with Crippen molar-refractivity contribution in [1.29, 1.82) is 0 Å². The van der Waals surface area contributed by atoms with E-state index in [9.17, 15) is 0 Å². The van der Waals surface area contributed by atoms with Crippen molar-refractivity contribution in [2.45, 2.75) is 55.5 Å². The molecule has 4 N–H and O–H groups in total. The van der Waals surface area contributed by atoms with E-state index in [2.05, 4.69) is 103 Å². The van der Waals surface area contributed by atoms with Crippen LogP contribution in [0.1, 0.15) is 83.9 Å². The number of hydrogen-bond donors (Lipinski definition) is 4. The van der Waals surface area contributed by atoms with E-state index in [4.69, 9.17) is 4.74 Å². The second-order valence-corrected chi connectivity index (χ2v) is 12.3. The van der Waals surface area contributed by atoms with Gasteiger partial charge in [-0.2, -0.15) is 0 Å². The highest BCUT2D eigenvalue weighted by atomic mass is 16.5. The topological polar surface area (TPSA) is 90.7 Å². The van der Waals surface area contributed by atoms with Crippen LogP contribution in [0.3, 0.4) is 0 Å². The maximum absolute atomic E-state index is 5.45. The van der Waals surface area contributed by atoms with E-state index in [1.807, 2.05) is 12.4 Å². The summed E-state index contributed by atoms with van der Waals surface area (Å²) >= 11 is 0. The molecule has 1 aliphatic carbocycles. The lowest BCUT2D eigenvalue weighted by atomic mass is 10.0. The first-order chi connectivity index (χ1) is 21.2. The number of benzene rings is 3. The molecule has 0 bridgehead atoms. The molecular weight excluding hydrogens is 532 g/mol. The zero-order chi connectivity index (χ0) is 28.8. The number of hydrogen-bond acceptors (Lipinski definition) is 5. The Morgan fingerprint density at radius 3 is 1.37 bits per heavy atom. The molecule has 2 unspecified atom stereocenters. The molecule has 2 aliphatic heterocycles. The normalized spacial score (nSPS) is 24.8. The van der Waals surface area contributed by atoms with Crippen molar-refractivity contribution in [3.05, 3.63) is 114 Å². The van der Waals surface area contributed by atoms with Crippen LogP contribution in [0.15, 0.2) is 85.2 Å². The number of imidazole rings is 2. The number of H-pyrrole nitrogens is 2. The molecule has 7 nitrogen and oxygen atoms in total. The predicted molar refractivity (Wildman–Crippen MR) is 169 cm³/mol. The van der Waals surface area contributed by atoms with Gasteiger partial charge in [0.1, 0.15) is 17.4 Å². The van der Waals surface area contributed by atoms with E-state index in [0.717, 1.165) is 54.7 Å². The highest BCUT2D eigenvalue weighted by molar-refractivity contribution is 5.62. The summed E-state index contributed by atoms with van der Waals surface area (Å²) in [6.45, 7) is 2.14. The van der Waals surface area contributed by atoms with Crippen LogP contribution in [-0.2, 0) is 0 Å². The molecular formula is C36H38N6O. The summed E-state index contributed by atoms with van der Waals surface area (Å²) in [5.74, 6) is 4.24. The molecule has 2 saturated heterocycles. The van der Waals surface area contributed by atoms with Crippen LogP contribution < -0.4 is 15.4 Å². The summed E-state index contributed by atoms with van der Waals surface area (Å²) in [5.41, 5.74) is 8.61. The SMILES string of the molecule is COc1ccc(C2C(c3ccc(-c4cnc([C@@H]5CCCN5)[nH]4)cc3)C2c2ccc(-c3cnc([C@@H]4CCCN4)[nH]3)cc2)cc1. The van der Waals surface area contributed by atoms with Crippen LogP contribution in [0.25, 0.3) is 22.5 Å². The molecule has 218 valence electrons. The molecule has 4 heterocycles. The fraction of sp³-hybridized carbons (Fsp3) is 0.333. The van der Waals surface area contributed by atoms with E-state index in [0.29, 0.717) is 29.8 Å². The summed E-state index contributed by atoms with van der Waals surface area (Å²) in [6.07, 6.45) is 8.64. The van der Waals surface area contributed by atoms with Crippen LogP contribution in [0, 0.1) is 0 Å². The number of rotatable bonds is 8. The number of nitrogens with zero attached hydrogens (tertiary/aromatic N) is 2. The van der Waals surface area contributed by atoms with Crippen molar-refractivity contribution in [3.8, 4) is 28.3 Å². The summed E-state index contributed by atoms with van der Waals surface area (Å²) in [4.78, 5) is 16.5. The standard InChI is InChI=1S/C36H38N6O/c1-43-27-16-14-26(15-17-27)34-32(24-10-6-22(7-11-24)30-20-39-35(41-30)28-4-2-18-37-28)33(34)25-12-8-23(9-13-25)31-21-40-36(42-31)29-5-3-19-38-29/h6-17,20-21,28-29,32-34,37-38H,2-5,18-19H2,1H3,(H,39,41)(H,40,42)/t28-,29-,32?,33?,34?/m0/s1. The van der Waals surface area contributed by atoms with Gasteiger partial charge < -0.3 is 25.3 Å². The molecule has 7 heteroatoms. The van der Waals surface area contributed by atoms with Gasteiger partial charge in [-0.05, 0) is 96.5 Å². The van der Waals surface area contributed by atoms with Crippen LogP contribution in [0.4, 0.5) is 0 Å². The summed E-state index contributed by atoms with van der Waals surface area (Å²) in [6, 6.07) is 27.5. The molecule has 0 radical (unpaired) electrons. The smallest absolute Gasteiger partial charge is 0.123 e. The Hall–Kier alpha value is -4.20. The zero-order valence-corrected chi connectivity index (χ0v) is 24.5. The average molecular weight is 571 g/mol. The van der Waals surface area contributed by atoms with Gasteiger partial charge in [0.15, 0.2) is 0 Å². The van der Waals surface area contributed by atoms with Crippen LogP contribution >= 0.6 is 0 Å². The van der Waals surface area contributed by atoms with Gasteiger partial charge in [-0.1, -0.05) is 60.7 Å². The van der Waals surface area contributed by atoms with Crippen molar-refractivity contribution >= 4 is 0 Å². The largest absolute Gasteiger partial charge is 0.497 e. The number of methoxy groups -OCH3 is 1. The molecule has 1 saturated carbocycles.